The molecule has 8 nitrogen and oxygen atoms in total. The second-order valence-corrected chi connectivity index (χ2v) is 10.7. The van der Waals surface area contributed by atoms with Crippen LogP contribution in [0, 0.1) is 0 Å². The maximum atomic E-state index is 13.7. The first-order valence-electron chi connectivity index (χ1n) is 14.5. The van der Waals surface area contributed by atoms with Crippen molar-refractivity contribution in [2.24, 2.45) is 0 Å². The average Bonchev–Trinajstić information content (AvgIpc) is 2.98. The lowest BCUT2D eigenvalue weighted by Crippen LogP contribution is -2.26. The summed E-state index contributed by atoms with van der Waals surface area (Å²) in [6.07, 6.45) is -12.0. The van der Waals surface area contributed by atoms with E-state index in [0.29, 0.717) is 25.0 Å². The van der Waals surface area contributed by atoms with Gasteiger partial charge in [-0.3, -0.25) is 9.59 Å². The molecule has 0 bridgehead atoms. The molecule has 1 heterocycles. The Morgan fingerprint density at radius 3 is 1.96 bits per heavy atom. The van der Waals surface area contributed by atoms with Gasteiger partial charge in [0.05, 0.1) is 35.7 Å². The molecule has 2 N–H and O–H groups in total. The fourth-order valence-electron chi connectivity index (χ4n) is 4.51. The summed E-state index contributed by atoms with van der Waals surface area (Å²) in [4.78, 5) is 31.9. The lowest BCUT2D eigenvalue weighted by Gasteiger charge is -2.26. The topological polar surface area (TPSA) is 105 Å². The molecule has 0 spiro atoms. The molecule has 0 fully saturated rings. The van der Waals surface area contributed by atoms with E-state index in [1.54, 1.807) is 6.92 Å². The molecule has 0 atom stereocenters. The van der Waals surface area contributed by atoms with Gasteiger partial charge in [-0.1, -0.05) is 6.92 Å². The molecule has 2 aromatic carbocycles. The van der Waals surface area contributed by atoms with Crippen molar-refractivity contribution in [3.63, 3.8) is 0 Å². The number of aromatic nitrogens is 2. The molecular weight excluding hydrogens is 663 g/mol. The number of carboxylic acids is 1. The molecule has 0 saturated carbocycles. The van der Waals surface area contributed by atoms with Gasteiger partial charge in [0, 0.05) is 44.6 Å². The number of halogens is 9. The molecule has 0 amide bonds. The van der Waals surface area contributed by atoms with Crippen LogP contribution in [-0.4, -0.2) is 40.0 Å². The SMILES string of the molecule is CCCC(=O)CCNc1ccc(C(F)(F)F)cc1CN(Cc1cc(C(F)(F)F)cc(C(F)(F)F)c1)c1ncc(OCCCC(=O)O)cn1. The van der Waals surface area contributed by atoms with Gasteiger partial charge >= 0.3 is 24.5 Å². The number of carboxylic acid groups (broad SMARTS) is 1. The van der Waals surface area contributed by atoms with Crippen molar-refractivity contribution in [1.29, 1.82) is 0 Å². The van der Waals surface area contributed by atoms with E-state index in [0.717, 1.165) is 35.5 Å². The standard InChI is InChI=1S/C31H31F9N4O4/c1-2-4-24(45)8-9-41-26-7-6-21(29(32,33)34)13-20(26)18-44(28-42-15-25(16-43-28)48-10-3-5-27(46)47)17-19-11-22(30(35,36)37)14-23(12-19)31(38,39)40/h6-7,11-16,41H,2-5,8-10,17-18H2,1H3,(H,46,47). The van der Waals surface area contributed by atoms with Gasteiger partial charge in [-0.15, -0.1) is 0 Å². The number of anilines is 2. The van der Waals surface area contributed by atoms with Gasteiger partial charge in [0.25, 0.3) is 0 Å². The Balaban J connectivity index is 2.05. The Morgan fingerprint density at radius 1 is 0.812 bits per heavy atom. The average molecular weight is 695 g/mol. The highest BCUT2D eigenvalue weighted by Crippen LogP contribution is 2.37. The third kappa shape index (κ3) is 11.6. The number of carbonyl (C=O) groups is 2. The molecule has 0 aliphatic carbocycles. The molecule has 3 aromatic rings. The number of ether oxygens (including phenoxy) is 1. The maximum Gasteiger partial charge on any atom is 0.416 e. The van der Waals surface area contributed by atoms with E-state index in [-0.39, 0.29) is 67.2 Å². The van der Waals surface area contributed by atoms with Gasteiger partial charge in [-0.25, -0.2) is 9.97 Å². The lowest BCUT2D eigenvalue weighted by molar-refractivity contribution is -0.143. The zero-order valence-corrected chi connectivity index (χ0v) is 25.4. The second kappa shape index (κ2) is 16.0. The van der Waals surface area contributed by atoms with E-state index < -0.39 is 59.8 Å². The molecule has 0 radical (unpaired) electrons. The number of benzene rings is 2. The molecule has 0 aliphatic heterocycles. The highest BCUT2D eigenvalue weighted by molar-refractivity contribution is 5.78. The molecule has 0 aliphatic rings. The number of carbonyl (C=O) groups excluding carboxylic acids is 1. The number of nitrogens with one attached hydrogen (secondary N) is 1. The number of hydrogen-bond acceptors (Lipinski definition) is 7. The summed E-state index contributed by atoms with van der Waals surface area (Å²) in [7, 11) is 0. The molecular formula is C31H31F9N4O4. The summed E-state index contributed by atoms with van der Waals surface area (Å²) < 4.78 is 128. The normalized spacial score (nSPS) is 12.1. The van der Waals surface area contributed by atoms with Gasteiger partial charge in [-0.05, 0) is 60.4 Å². The largest absolute Gasteiger partial charge is 0.490 e. The minimum absolute atomic E-state index is 0.0385. The number of nitrogens with zero attached hydrogens (tertiary/aromatic N) is 3. The first-order valence-corrected chi connectivity index (χ1v) is 14.5. The van der Waals surface area contributed by atoms with Crippen LogP contribution in [0.1, 0.15) is 66.8 Å². The zero-order valence-electron chi connectivity index (χ0n) is 25.4. The monoisotopic (exact) mass is 694 g/mol. The summed E-state index contributed by atoms with van der Waals surface area (Å²) in [5.74, 6) is -1.37. The highest BCUT2D eigenvalue weighted by Gasteiger charge is 2.37. The summed E-state index contributed by atoms with van der Waals surface area (Å²) >= 11 is 0. The van der Waals surface area contributed by atoms with Crippen molar-refractivity contribution < 1.29 is 58.9 Å². The Kier molecular flexibility index (Phi) is 12.6. The minimum atomic E-state index is -5.15. The number of aliphatic carboxylic acids is 1. The van der Waals surface area contributed by atoms with Crippen LogP contribution in [0.4, 0.5) is 51.1 Å². The maximum absolute atomic E-state index is 13.7. The van der Waals surface area contributed by atoms with Crippen LogP contribution in [0.2, 0.25) is 0 Å². The van der Waals surface area contributed by atoms with E-state index in [2.05, 4.69) is 15.3 Å². The third-order valence-electron chi connectivity index (χ3n) is 6.76. The number of ketones is 1. The van der Waals surface area contributed by atoms with Crippen LogP contribution in [0.3, 0.4) is 0 Å². The van der Waals surface area contributed by atoms with Crippen molar-refractivity contribution >= 4 is 23.4 Å². The summed E-state index contributed by atoms with van der Waals surface area (Å²) in [5, 5.41) is 11.6. The predicted molar refractivity (Wildman–Crippen MR) is 155 cm³/mol. The van der Waals surface area contributed by atoms with Crippen LogP contribution in [0.25, 0.3) is 0 Å². The number of alkyl halides is 9. The summed E-state index contributed by atoms with van der Waals surface area (Å²) in [6, 6.07) is 3.62. The van der Waals surface area contributed by atoms with E-state index in [4.69, 9.17) is 9.84 Å². The Hall–Kier alpha value is -4.57. The smallest absolute Gasteiger partial charge is 0.416 e. The Bertz CT molecular complexity index is 1510. The van der Waals surface area contributed by atoms with Gasteiger partial charge in [0.2, 0.25) is 5.95 Å². The van der Waals surface area contributed by atoms with Gasteiger partial charge in [0.1, 0.15) is 5.78 Å². The van der Waals surface area contributed by atoms with Crippen molar-refractivity contribution in [2.75, 3.05) is 23.4 Å². The fraction of sp³-hybridized carbons (Fsp3) is 0.419. The third-order valence-corrected chi connectivity index (χ3v) is 6.76. The fourth-order valence-corrected chi connectivity index (χ4v) is 4.51. The molecule has 3 rings (SSSR count). The summed E-state index contributed by atoms with van der Waals surface area (Å²) in [5.41, 5.74) is -4.66. The lowest BCUT2D eigenvalue weighted by atomic mass is 10.0. The molecule has 48 heavy (non-hydrogen) atoms. The quantitative estimate of drug-likeness (QED) is 0.114. The van der Waals surface area contributed by atoms with Gasteiger partial charge < -0.3 is 20.1 Å². The molecule has 17 heteroatoms. The number of Topliss-reactive ketones (excluding diaryl/α,β-unsaturated/α-hetero) is 1. The van der Waals surface area contributed by atoms with Crippen LogP contribution < -0.4 is 15.0 Å². The first-order chi connectivity index (χ1) is 22.4. The molecule has 0 saturated heterocycles. The summed E-state index contributed by atoms with van der Waals surface area (Å²) in [6.45, 7) is 0.589. The molecule has 1 aromatic heterocycles. The van der Waals surface area contributed by atoms with Crippen molar-refractivity contribution in [3.05, 3.63) is 76.6 Å². The highest BCUT2D eigenvalue weighted by atomic mass is 19.4. The van der Waals surface area contributed by atoms with Crippen molar-refractivity contribution in [1.82, 2.24) is 9.97 Å². The van der Waals surface area contributed by atoms with Crippen LogP contribution in [-0.2, 0) is 41.2 Å². The Morgan fingerprint density at radius 2 is 1.42 bits per heavy atom. The number of rotatable bonds is 16. The van der Waals surface area contributed by atoms with Crippen LogP contribution in [0.5, 0.6) is 5.75 Å². The van der Waals surface area contributed by atoms with E-state index in [1.165, 1.54) is 0 Å². The van der Waals surface area contributed by atoms with Crippen LogP contribution >= 0.6 is 0 Å². The second-order valence-electron chi connectivity index (χ2n) is 10.7. The van der Waals surface area contributed by atoms with Crippen LogP contribution in [0.15, 0.2) is 48.8 Å². The Labute approximate surface area is 268 Å². The first kappa shape index (κ1) is 37.9. The van der Waals surface area contributed by atoms with E-state index in [9.17, 15) is 49.1 Å². The van der Waals surface area contributed by atoms with E-state index in [1.807, 2.05) is 0 Å². The number of hydrogen-bond donors (Lipinski definition) is 2. The van der Waals surface area contributed by atoms with Gasteiger partial charge in [-0.2, -0.15) is 39.5 Å². The van der Waals surface area contributed by atoms with Crippen molar-refractivity contribution in [2.45, 2.75) is 70.6 Å². The van der Waals surface area contributed by atoms with Crippen molar-refractivity contribution in [3.8, 4) is 5.75 Å². The molecule has 0 unspecified atom stereocenters. The predicted octanol–water partition coefficient (Wildman–Crippen LogP) is 8.15. The minimum Gasteiger partial charge on any atom is -0.490 e. The van der Waals surface area contributed by atoms with E-state index >= 15 is 0 Å². The van der Waals surface area contributed by atoms with Gasteiger partial charge in [0.15, 0.2) is 5.75 Å². The molecule has 262 valence electrons. The zero-order chi connectivity index (χ0) is 35.7.